The van der Waals surface area contributed by atoms with Crippen LogP contribution in [0.25, 0.3) is 0 Å². The molecule has 0 N–H and O–H groups in total. The van der Waals surface area contributed by atoms with Gasteiger partial charge in [0.1, 0.15) is 18.3 Å². The fourth-order valence-electron chi connectivity index (χ4n) is 2.00. The lowest BCUT2D eigenvalue weighted by Crippen LogP contribution is -2.47. The predicted octanol–water partition coefficient (Wildman–Crippen LogP) is -0.629. The molecule has 0 unspecified atom stereocenters. The summed E-state index contributed by atoms with van der Waals surface area (Å²) in [5, 5.41) is 0. The molecule has 1 aliphatic carbocycles. The number of hydrogen-bond acceptors (Lipinski definition) is 9. The van der Waals surface area contributed by atoms with E-state index in [1.165, 1.54) is 6.08 Å². The summed E-state index contributed by atoms with van der Waals surface area (Å²) in [6.07, 6.45) is -0.225. The highest BCUT2D eigenvalue weighted by Crippen LogP contribution is 2.28. The lowest BCUT2D eigenvalue weighted by atomic mass is 9.93. The minimum atomic E-state index is -4.00. The maximum absolute atomic E-state index is 11.4. The van der Waals surface area contributed by atoms with E-state index in [0.29, 0.717) is 5.57 Å². The van der Waals surface area contributed by atoms with Crippen LogP contribution in [-0.4, -0.2) is 62.3 Å². The average Bonchev–Trinajstić information content (AvgIpc) is 2.16. The predicted molar refractivity (Wildman–Crippen MR) is 77.5 cm³/mol. The van der Waals surface area contributed by atoms with Crippen molar-refractivity contribution in [2.45, 2.75) is 31.7 Å². The Hall–Kier alpha value is -0.530. The van der Waals surface area contributed by atoms with Crippen molar-refractivity contribution in [3.63, 3.8) is 0 Å². The zero-order valence-electron chi connectivity index (χ0n) is 12.4. The molecule has 3 atom stereocenters. The minimum Gasteiger partial charge on any atom is -0.264 e. The van der Waals surface area contributed by atoms with Gasteiger partial charge in [0.05, 0.1) is 18.8 Å². The van der Waals surface area contributed by atoms with Crippen molar-refractivity contribution in [1.82, 2.24) is 0 Å². The summed E-state index contributed by atoms with van der Waals surface area (Å²) in [5.74, 6) is 0. The molecule has 0 saturated carbocycles. The monoisotopic (exact) mass is 378 g/mol. The van der Waals surface area contributed by atoms with E-state index in [4.69, 9.17) is 12.5 Å². The molecule has 0 saturated heterocycles. The van der Waals surface area contributed by atoms with Crippen LogP contribution >= 0.6 is 0 Å². The highest BCUT2D eigenvalue weighted by Gasteiger charge is 2.40. The van der Waals surface area contributed by atoms with Crippen LogP contribution in [0, 0.1) is 0 Å². The van der Waals surface area contributed by atoms with E-state index in [0.717, 1.165) is 18.8 Å². The van der Waals surface area contributed by atoms with Crippen molar-refractivity contribution >= 4 is 30.4 Å². The van der Waals surface area contributed by atoms with Gasteiger partial charge in [0, 0.05) is 0 Å². The molecule has 0 heterocycles. The van der Waals surface area contributed by atoms with Gasteiger partial charge in [0.15, 0.2) is 0 Å². The first-order valence-corrected chi connectivity index (χ1v) is 11.4. The lowest BCUT2D eigenvalue weighted by molar-refractivity contribution is -0.00141. The van der Waals surface area contributed by atoms with Crippen molar-refractivity contribution < 1.29 is 37.8 Å². The van der Waals surface area contributed by atoms with Gasteiger partial charge in [-0.2, -0.15) is 25.3 Å². The van der Waals surface area contributed by atoms with Gasteiger partial charge in [-0.3, -0.25) is 12.5 Å². The SMILES string of the molecule is CC1=C[C@@H](OS(C)(=O)=O)[C@@H](OS(C)(=O)=O)[C@H](OS(C)(=O)=O)C1. The summed E-state index contributed by atoms with van der Waals surface area (Å²) >= 11 is 0. The van der Waals surface area contributed by atoms with Gasteiger partial charge in [-0.25, -0.2) is 0 Å². The zero-order chi connectivity index (χ0) is 17.3. The van der Waals surface area contributed by atoms with Crippen LogP contribution in [0.5, 0.6) is 0 Å². The first-order valence-electron chi connectivity index (χ1n) is 5.98. The number of rotatable bonds is 6. The van der Waals surface area contributed by atoms with Crippen LogP contribution in [0.2, 0.25) is 0 Å². The Labute approximate surface area is 130 Å². The van der Waals surface area contributed by atoms with E-state index in [1.54, 1.807) is 6.92 Å². The summed E-state index contributed by atoms with van der Waals surface area (Å²) in [6.45, 7) is 1.61. The first kappa shape index (κ1) is 19.5. The van der Waals surface area contributed by atoms with Gasteiger partial charge in [-0.1, -0.05) is 11.6 Å². The molecule has 0 aromatic rings. The standard InChI is InChI=1S/C10H18O9S3/c1-7-5-8(17-20(2,11)12)10(19-22(4,15)16)9(6-7)18-21(3,13)14/h5,8-10H,6H2,1-4H3/t8-,9-,10-/m1/s1. The third kappa shape index (κ3) is 7.15. The highest BCUT2D eigenvalue weighted by molar-refractivity contribution is 7.86. The molecule has 12 heteroatoms. The van der Waals surface area contributed by atoms with Gasteiger partial charge >= 0.3 is 0 Å². The van der Waals surface area contributed by atoms with E-state index < -0.39 is 48.7 Å². The summed E-state index contributed by atoms with van der Waals surface area (Å²) in [4.78, 5) is 0. The molecular formula is C10H18O9S3. The fourth-order valence-corrected chi connectivity index (χ4v) is 3.84. The van der Waals surface area contributed by atoms with Gasteiger partial charge in [0.25, 0.3) is 30.4 Å². The molecule has 0 radical (unpaired) electrons. The third-order valence-corrected chi connectivity index (χ3v) is 4.27. The minimum absolute atomic E-state index is 0.0525. The largest absolute Gasteiger partial charge is 0.265 e. The maximum Gasteiger partial charge on any atom is 0.265 e. The topological polar surface area (TPSA) is 130 Å². The quantitative estimate of drug-likeness (QED) is 0.438. The molecule has 1 rings (SSSR count). The Bertz CT molecular complexity index is 745. The Morgan fingerprint density at radius 1 is 0.864 bits per heavy atom. The van der Waals surface area contributed by atoms with Crippen LogP contribution in [-0.2, 0) is 42.9 Å². The molecule has 0 fully saturated rings. The molecule has 0 aromatic carbocycles. The normalized spacial score (nSPS) is 27.5. The van der Waals surface area contributed by atoms with E-state index in [2.05, 4.69) is 0 Å². The molecule has 1 aliphatic rings. The molecule has 130 valence electrons. The second-order valence-electron chi connectivity index (χ2n) is 5.09. The molecule has 0 amide bonds. The zero-order valence-corrected chi connectivity index (χ0v) is 14.9. The van der Waals surface area contributed by atoms with Gasteiger partial charge in [0.2, 0.25) is 0 Å². The van der Waals surface area contributed by atoms with E-state index in [9.17, 15) is 25.3 Å². The maximum atomic E-state index is 11.4. The summed E-state index contributed by atoms with van der Waals surface area (Å²) in [5.41, 5.74) is 0.579. The first-order chi connectivity index (χ1) is 9.66. The van der Waals surface area contributed by atoms with Crippen molar-refractivity contribution in [3.8, 4) is 0 Å². The number of hydrogen-bond donors (Lipinski definition) is 0. The molecule has 9 nitrogen and oxygen atoms in total. The Morgan fingerprint density at radius 2 is 1.32 bits per heavy atom. The molecule has 22 heavy (non-hydrogen) atoms. The second-order valence-corrected chi connectivity index (χ2v) is 9.89. The Balaban J connectivity index is 3.23. The molecule has 0 spiro atoms. The highest BCUT2D eigenvalue weighted by atomic mass is 32.2. The van der Waals surface area contributed by atoms with Crippen molar-refractivity contribution in [2.24, 2.45) is 0 Å². The summed E-state index contributed by atoms with van der Waals surface area (Å²) in [6, 6.07) is 0. The average molecular weight is 378 g/mol. The van der Waals surface area contributed by atoms with Gasteiger partial charge in [-0.05, 0) is 13.3 Å². The summed E-state index contributed by atoms with van der Waals surface area (Å²) in [7, 11) is -11.8. The van der Waals surface area contributed by atoms with Crippen molar-refractivity contribution in [3.05, 3.63) is 11.6 Å². The van der Waals surface area contributed by atoms with Gasteiger partial charge < -0.3 is 0 Å². The van der Waals surface area contributed by atoms with E-state index in [1.807, 2.05) is 0 Å². The molecule has 0 bridgehead atoms. The van der Waals surface area contributed by atoms with Crippen LogP contribution in [0.1, 0.15) is 13.3 Å². The van der Waals surface area contributed by atoms with Crippen molar-refractivity contribution in [1.29, 1.82) is 0 Å². The van der Waals surface area contributed by atoms with Crippen LogP contribution in [0.3, 0.4) is 0 Å². The second kappa shape index (κ2) is 6.53. The fraction of sp³-hybridized carbons (Fsp3) is 0.800. The lowest BCUT2D eigenvalue weighted by Gasteiger charge is -2.33. The summed E-state index contributed by atoms with van der Waals surface area (Å²) < 4.78 is 82.3. The van der Waals surface area contributed by atoms with Crippen LogP contribution < -0.4 is 0 Å². The molecule has 0 aliphatic heterocycles. The molecule has 0 aromatic heterocycles. The van der Waals surface area contributed by atoms with E-state index >= 15 is 0 Å². The Kier molecular flexibility index (Phi) is 5.79. The molecular weight excluding hydrogens is 360 g/mol. The van der Waals surface area contributed by atoms with Crippen molar-refractivity contribution in [2.75, 3.05) is 18.8 Å². The van der Waals surface area contributed by atoms with Crippen LogP contribution in [0.15, 0.2) is 11.6 Å². The van der Waals surface area contributed by atoms with Gasteiger partial charge in [-0.15, -0.1) is 0 Å². The van der Waals surface area contributed by atoms with E-state index in [-0.39, 0.29) is 6.42 Å². The third-order valence-electron chi connectivity index (χ3n) is 2.53. The smallest absolute Gasteiger partial charge is 0.264 e. The van der Waals surface area contributed by atoms with Crippen LogP contribution in [0.4, 0.5) is 0 Å². The Morgan fingerprint density at radius 3 is 1.73 bits per heavy atom.